The topological polar surface area (TPSA) is 56.6 Å². The number of amides is 1. The van der Waals surface area contributed by atoms with E-state index in [2.05, 4.69) is 5.10 Å². The highest BCUT2D eigenvalue weighted by atomic mass is 19.1. The second-order valence-electron chi connectivity index (χ2n) is 8.55. The summed E-state index contributed by atoms with van der Waals surface area (Å²) in [6.07, 6.45) is 0. The molecule has 0 atom stereocenters. The van der Waals surface area contributed by atoms with Crippen LogP contribution in [0.3, 0.4) is 0 Å². The van der Waals surface area contributed by atoms with Crippen LogP contribution in [0.5, 0.6) is 17.4 Å². The molecular weight excluding hydrogens is 464 g/mol. The van der Waals surface area contributed by atoms with Crippen LogP contribution in [0.25, 0.3) is 5.69 Å². The number of benzene rings is 3. The summed E-state index contributed by atoms with van der Waals surface area (Å²) in [7, 11) is 1.54. The van der Waals surface area contributed by atoms with E-state index in [1.807, 2.05) is 44.2 Å². The Balaban J connectivity index is 1.78. The Morgan fingerprint density at radius 1 is 1.03 bits per heavy atom. The Hall–Kier alpha value is -4.20. The van der Waals surface area contributed by atoms with Crippen molar-refractivity contribution in [2.75, 3.05) is 7.11 Å². The highest BCUT2D eigenvalue weighted by molar-refractivity contribution is 5.94. The molecule has 0 N–H and O–H groups in total. The van der Waals surface area contributed by atoms with E-state index < -0.39 is 11.6 Å². The molecule has 1 heterocycles. The zero-order chi connectivity index (χ0) is 25.8. The van der Waals surface area contributed by atoms with Crippen molar-refractivity contribution in [2.45, 2.75) is 33.4 Å². The molecule has 1 amide bonds. The van der Waals surface area contributed by atoms with E-state index in [9.17, 15) is 13.6 Å². The van der Waals surface area contributed by atoms with Crippen LogP contribution in [0.1, 0.15) is 35.5 Å². The molecule has 4 rings (SSSR count). The minimum absolute atomic E-state index is 0.148. The molecule has 0 fully saturated rings. The van der Waals surface area contributed by atoms with Crippen LogP contribution < -0.4 is 9.47 Å². The molecule has 36 heavy (non-hydrogen) atoms. The summed E-state index contributed by atoms with van der Waals surface area (Å²) in [6, 6.07) is 19.1. The molecule has 3 aromatic carbocycles. The lowest BCUT2D eigenvalue weighted by molar-refractivity contribution is 0.0688. The Bertz CT molecular complexity index is 1370. The lowest BCUT2D eigenvalue weighted by Crippen LogP contribution is -2.36. The van der Waals surface area contributed by atoms with Gasteiger partial charge in [-0.05, 0) is 63.2 Å². The van der Waals surface area contributed by atoms with Gasteiger partial charge in [-0.1, -0.05) is 24.3 Å². The second kappa shape index (κ2) is 10.6. The van der Waals surface area contributed by atoms with Crippen molar-refractivity contribution in [3.63, 3.8) is 0 Å². The smallest absolute Gasteiger partial charge is 0.254 e. The molecule has 8 heteroatoms. The predicted molar refractivity (Wildman–Crippen MR) is 133 cm³/mol. The number of hydrogen-bond donors (Lipinski definition) is 0. The van der Waals surface area contributed by atoms with Gasteiger partial charge in [0, 0.05) is 17.7 Å². The molecule has 0 aliphatic rings. The predicted octanol–water partition coefficient (Wildman–Crippen LogP) is 6.31. The van der Waals surface area contributed by atoms with Crippen LogP contribution in [-0.4, -0.2) is 33.7 Å². The van der Waals surface area contributed by atoms with E-state index in [-0.39, 0.29) is 30.1 Å². The zero-order valence-corrected chi connectivity index (χ0v) is 20.5. The van der Waals surface area contributed by atoms with E-state index in [0.717, 1.165) is 12.1 Å². The third kappa shape index (κ3) is 5.22. The quantitative estimate of drug-likeness (QED) is 0.290. The van der Waals surface area contributed by atoms with Gasteiger partial charge in [-0.3, -0.25) is 4.79 Å². The molecule has 1 aromatic heterocycles. The van der Waals surface area contributed by atoms with Crippen molar-refractivity contribution < 1.29 is 23.0 Å². The molecular formula is C28H27F2N3O3. The van der Waals surface area contributed by atoms with E-state index >= 15 is 0 Å². The van der Waals surface area contributed by atoms with E-state index in [0.29, 0.717) is 28.3 Å². The maximum atomic E-state index is 14.5. The lowest BCUT2D eigenvalue weighted by Gasteiger charge is -2.27. The average Bonchev–Trinajstić information content (AvgIpc) is 3.18. The fourth-order valence-electron chi connectivity index (χ4n) is 3.81. The first-order valence-corrected chi connectivity index (χ1v) is 11.5. The Morgan fingerprint density at radius 2 is 1.78 bits per heavy atom. The minimum Gasteiger partial charge on any atom is -0.497 e. The normalized spacial score (nSPS) is 11.0. The number of nitrogens with zero attached hydrogens (tertiary/aromatic N) is 3. The monoisotopic (exact) mass is 491 g/mol. The Morgan fingerprint density at radius 3 is 2.44 bits per heavy atom. The van der Waals surface area contributed by atoms with Crippen LogP contribution in [0.2, 0.25) is 0 Å². The number of aromatic nitrogens is 2. The molecule has 186 valence electrons. The largest absolute Gasteiger partial charge is 0.497 e. The van der Waals surface area contributed by atoms with Crippen molar-refractivity contribution in [3.05, 3.63) is 101 Å². The molecule has 4 aromatic rings. The molecule has 0 aliphatic heterocycles. The van der Waals surface area contributed by atoms with Crippen molar-refractivity contribution >= 4 is 5.91 Å². The summed E-state index contributed by atoms with van der Waals surface area (Å²) in [4.78, 5) is 15.2. The second-order valence-corrected chi connectivity index (χ2v) is 8.55. The van der Waals surface area contributed by atoms with Crippen LogP contribution in [0.15, 0.2) is 72.8 Å². The fourth-order valence-corrected chi connectivity index (χ4v) is 3.81. The first-order chi connectivity index (χ1) is 17.3. The number of aryl methyl sites for hydroxylation is 1. The van der Waals surface area contributed by atoms with Gasteiger partial charge in [-0.2, -0.15) is 5.10 Å². The van der Waals surface area contributed by atoms with Gasteiger partial charge >= 0.3 is 0 Å². The molecule has 0 radical (unpaired) electrons. The first kappa shape index (κ1) is 24.9. The van der Waals surface area contributed by atoms with Crippen LogP contribution in [-0.2, 0) is 6.54 Å². The third-order valence-electron chi connectivity index (χ3n) is 5.77. The van der Waals surface area contributed by atoms with E-state index in [1.165, 1.54) is 6.07 Å². The minimum atomic E-state index is -0.840. The Kier molecular flexibility index (Phi) is 7.33. The third-order valence-corrected chi connectivity index (χ3v) is 5.77. The van der Waals surface area contributed by atoms with Gasteiger partial charge in [0.2, 0.25) is 5.88 Å². The molecule has 0 spiro atoms. The fraction of sp³-hybridized carbons (Fsp3) is 0.214. The van der Waals surface area contributed by atoms with Gasteiger partial charge in [-0.15, -0.1) is 0 Å². The number of hydrogen-bond acceptors (Lipinski definition) is 4. The van der Waals surface area contributed by atoms with Gasteiger partial charge in [0.15, 0.2) is 11.6 Å². The number of carbonyl (C=O) groups is 1. The average molecular weight is 492 g/mol. The summed E-state index contributed by atoms with van der Waals surface area (Å²) in [6.45, 7) is 5.78. The lowest BCUT2D eigenvalue weighted by atomic mass is 10.1. The highest BCUT2D eigenvalue weighted by Gasteiger charge is 2.26. The van der Waals surface area contributed by atoms with Crippen LogP contribution in [0.4, 0.5) is 8.78 Å². The molecule has 0 bridgehead atoms. The van der Waals surface area contributed by atoms with Gasteiger partial charge in [0.25, 0.3) is 5.91 Å². The number of rotatable bonds is 8. The van der Waals surface area contributed by atoms with Gasteiger partial charge in [-0.25, -0.2) is 13.5 Å². The maximum Gasteiger partial charge on any atom is 0.254 e. The molecule has 0 saturated heterocycles. The standard InChI is InChI=1S/C28H27F2N3O3/c1-18(2)32(27(34)20-9-8-12-23(15-20)35-4)17-24-19(3)31-33(22-10-6-5-7-11-22)28(24)36-26-14-13-21(29)16-25(26)30/h5-16,18H,17H2,1-4H3. The maximum absolute atomic E-state index is 14.5. The summed E-state index contributed by atoms with van der Waals surface area (Å²) in [5.41, 5.74) is 2.38. The number of methoxy groups -OCH3 is 1. The van der Waals surface area contributed by atoms with E-state index in [1.54, 1.807) is 47.9 Å². The molecule has 6 nitrogen and oxygen atoms in total. The van der Waals surface area contributed by atoms with Gasteiger partial charge in [0.1, 0.15) is 11.6 Å². The van der Waals surface area contributed by atoms with Crippen molar-refractivity contribution in [2.24, 2.45) is 0 Å². The Labute approximate surface area is 208 Å². The molecule has 0 aliphatic carbocycles. The summed E-state index contributed by atoms with van der Waals surface area (Å²) < 4.78 is 40.9. The number of carbonyl (C=O) groups excluding carboxylic acids is 1. The van der Waals surface area contributed by atoms with Gasteiger partial charge in [0.05, 0.1) is 30.6 Å². The first-order valence-electron chi connectivity index (χ1n) is 11.5. The number of halogens is 2. The van der Waals surface area contributed by atoms with E-state index in [4.69, 9.17) is 9.47 Å². The van der Waals surface area contributed by atoms with Crippen molar-refractivity contribution in [1.29, 1.82) is 0 Å². The number of para-hydroxylation sites is 1. The van der Waals surface area contributed by atoms with Crippen LogP contribution >= 0.6 is 0 Å². The van der Waals surface area contributed by atoms with Crippen LogP contribution in [0, 0.1) is 18.6 Å². The summed E-state index contributed by atoms with van der Waals surface area (Å²) in [5, 5.41) is 4.63. The van der Waals surface area contributed by atoms with Gasteiger partial charge < -0.3 is 14.4 Å². The SMILES string of the molecule is COc1cccc(C(=O)N(Cc2c(C)nn(-c3ccccc3)c2Oc2ccc(F)cc2F)C(C)C)c1. The molecule has 0 saturated carbocycles. The molecule has 0 unspecified atom stereocenters. The van der Waals surface area contributed by atoms with Crippen molar-refractivity contribution in [3.8, 4) is 23.1 Å². The van der Waals surface area contributed by atoms with Crippen molar-refractivity contribution in [1.82, 2.24) is 14.7 Å². The summed E-state index contributed by atoms with van der Waals surface area (Å²) >= 11 is 0. The highest BCUT2D eigenvalue weighted by Crippen LogP contribution is 2.33. The zero-order valence-electron chi connectivity index (χ0n) is 20.5. The number of ether oxygens (including phenoxy) is 2. The summed E-state index contributed by atoms with van der Waals surface area (Å²) in [5.74, 6) is -1.07.